The highest BCUT2D eigenvalue weighted by Gasteiger charge is 2.33. The van der Waals surface area contributed by atoms with Crippen molar-refractivity contribution in [3.63, 3.8) is 0 Å². The Bertz CT molecular complexity index is 3040. The lowest BCUT2D eigenvalue weighted by Crippen LogP contribution is -1.98. The number of nitrogens with zero attached hydrogens (tertiary/aromatic N) is 2. The average molecular weight is 621 g/mol. The van der Waals surface area contributed by atoms with E-state index in [1.54, 1.807) is 12.1 Å². The summed E-state index contributed by atoms with van der Waals surface area (Å²) in [6.07, 6.45) is 0. The van der Waals surface area contributed by atoms with Crippen LogP contribution in [0.5, 0.6) is 0 Å². The summed E-state index contributed by atoms with van der Waals surface area (Å²) in [6, 6.07) is 50.0. The van der Waals surface area contributed by atoms with E-state index in [1.807, 2.05) is 30.3 Å². The highest BCUT2D eigenvalue weighted by molar-refractivity contribution is 7.92. The van der Waals surface area contributed by atoms with Gasteiger partial charge in [-0.2, -0.15) is 0 Å². The number of hydrogen-bond acceptors (Lipinski definition) is 2. The first-order valence-electron chi connectivity index (χ1n) is 15.8. The van der Waals surface area contributed by atoms with Crippen LogP contribution in [0, 0.1) is 0 Å². The lowest BCUT2D eigenvalue weighted by Gasteiger charge is -2.10. The second-order valence-electron chi connectivity index (χ2n) is 12.6. The maximum Gasteiger partial charge on any atom is 0.207 e. The zero-order valence-corrected chi connectivity index (χ0v) is 25.8. The molecule has 0 saturated carbocycles. The molecule has 10 aromatic rings. The number of sulfone groups is 1. The van der Waals surface area contributed by atoms with Gasteiger partial charge < -0.3 is 8.97 Å². The van der Waals surface area contributed by atoms with Crippen molar-refractivity contribution in [3.05, 3.63) is 146 Å². The number of para-hydroxylation sites is 4. The van der Waals surface area contributed by atoms with E-state index in [4.69, 9.17) is 0 Å². The van der Waals surface area contributed by atoms with Gasteiger partial charge in [-0.25, -0.2) is 8.42 Å². The van der Waals surface area contributed by atoms with Gasteiger partial charge in [-0.05, 0) is 71.8 Å². The summed E-state index contributed by atoms with van der Waals surface area (Å²) >= 11 is 0. The zero-order valence-electron chi connectivity index (χ0n) is 25.0. The van der Waals surface area contributed by atoms with Gasteiger partial charge in [-0.15, -0.1) is 0 Å². The van der Waals surface area contributed by atoms with E-state index in [1.165, 1.54) is 48.9 Å². The van der Waals surface area contributed by atoms with Crippen LogP contribution in [-0.2, 0) is 9.84 Å². The molecule has 0 radical (unpaired) electrons. The molecule has 0 fully saturated rings. The van der Waals surface area contributed by atoms with Crippen LogP contribution >= 0.6 is 0 Å². The molecule has 0 aliphatic carbocycles. The Morgan fingerprint density at radius 3 is 1.64 bits per heavy atom. The van der Waals surface area contributed by atoms with Gasteiger partial charge in [0.25, 0.3) is 0 Å². The van der Waals surface area contributed by atoms with Gasteiger partial charge in [0.05, 0.1) is 37.4 Å². The first-order chi connectivity index (χ1) is 23.1. The minimum Gasteiger partial charge on any atom is -0.309 e. The van der Waals surface area contributed by atoms with Gasteiger partial charge in [0, 0.05) is 49.1 Å². The highest BCUT2D eigenvalue weighted by atomic mass is 32.2. The smallest absolute Gasteiger partial charge is 0.207 e. The molecule has 0 atom stereocenters. The quantitative estimate of drug-likeness (QED) is 0.193. The van der Waals surface area contributed by atoms with E-state index in [0.29, 0.717) is 9.79 Å². The van der Waals surface area contributed by atoms with Crippen molar-refractivity contribution in [2.24, 2.45) is 0 Å². The summed E-state index contributed by atoms with van der Waals surface area (Å²) in [7, 11) is -3.63. The SMILES string of the molecule is O=S1(=O)c2ccc(-c3ccc4c(c3)c3cccc5c6ccccc6n4c53)cc2-c2cc(-n3c4ccccc4c4ccccc43)ccc21. The van der Waals surface area contributed by atoms with Gasteiger partial charge in [0.15, 0.2) is 0 Å². The second-order valence-corrected chi connectivity index (χ2v) is 14.4. The van der Waals surface area contributed by atoms with Crippen LogP contribution in [0.3, 0.4) is 0 Å². The molecule has 1 aliphatic rings. The first-order valence-corrected chi connectivity index (χ1v) is 17.3. The minimum absolute atomic E-state index is 0.362. The molecule has 5 heteroatoms. The van der Waals surface area contributed by atoms with Gasteiger partial charge >= 0.3 is 0 Å². The van der Waals surface area contributed by atoms with Crippen LogP contribution in [0.15, 0.2) is 155 Å². The predicted molar refractivity (Wildman–Crippen MR) is 192 cm³/mol. The lowest BCUT2D eigenvalue weighted by atomic mass is 9.97. The molecule has 11 rings (SSSR count). The Morgan fingerprint density at radius 2 is 0.915 bits per heavy atom. The van der Waals surface area contributed by atoms with Crippen LogP contribution in [0.1, 0.15) is 0 Å². The van der Waals surface area contributed by atoms with Crippen LogP contribution in [-0.4, -0.2) is 17.4 Å². The minimum atomic E-state index is -3.63. The van der Waals surface area contributed by atoms with Crippen molar-refractivity contribution in [1.82, 2.24) is 8.97 Å². The Kier molecular flexibility index (Phi) is 4.66. The first kappa shape index (κ1) is 25.3. The second kappa shape index (κ2) is 8.66. The fourth-order valence-electron chi connectivity index (χ4n) is 8.19. The van der Waals surface area contributed by atoms with Crippen LogP contribution in [0.25, 0.3) is 87.8 Å². The van der Waals surface area contributed by atoms with E-state index in [-0.39, 0.29) is 0 Å². The Hall–Kier alpha value is -5.91. The van der Waals surface area contributed by atoms with Gasteiger partial charge in [-0.1, -0.05) is 84.9 Å². The third-order valence-electron chi connectivity index (χ3n) is 10.2. The Morgan fingerprint density at radius 1 is 0.404 bits per heavy atom. The van der Waals surface area contributed by atoms with Gasteiger partial charge in [0.1, 0.15) is 0 Å². The normalized spacial score (nSPS) is 13.9. The third kappa shape index (κ3) is 3.14. The molecule has 3 aromatic heterocycles. The molecule has 0 spiro atoms. The van der Waals surface area contributed by atoms with Crippen molar-refractivity contribution in [3.8, 4) is 27.9 Å². The number of aromatic nitrogens is 2. The van der Waals surface area contributed by atoms with Gasteiger partial charge in [-0.3, -0.25) is 0 Å². The number of rotatable bonds is 2. The summed E-state index contributed by atoms with van der Waals surface area (Å²) in [4.78, 5) is 0.727. The standard InChI is InChI=1S/C42H24N2O2S/c45-47(46)40-20-17-26(25-16-19-39-33(22-25)32-12-7-11-31-30-10-3-6-15-38(30)44(39)42(31)32)23-34(40)35-24-27(18-21-41(35)47)43-36-13-4-1-8-28(36)29-9-2-5-14-37(29)43/h1-24H. The molecule has 0 amide bonds. The molecule has 0 saturated heterocycles. The summed E-state index contributed by atoms with van der Waals surface area (Å²) < 4.78 is 32.2. The van der Waals surface area contributed by atoms with Gasteiger partial charge in [0.2, 0.25) is 9.84 Å². The van der Waals surface area contributed by atoms with Crippen molar-refractivity contribution in [2.75, 3.05) is 0 Å². The highest BCUT2D eigenvalue weighted by Crippen LogP contribution is 2.47. The maximum atomic E-state index is 13.8. The summed E-state index contributed by atoms with van der Waals surface area (Å²) in [6.45, 7) is 0. The molecule has 7 aromatic carbocycles. The summed E-state index contributed by atoms with van der Waals surface area (Å²) in [5, 5.41) is 7.28. The number of hydrogen-bond donors (Lipinski definition) is 0. The van der Waals surface area contributed by atoms with E-state index in [2.05, 4.69) is 112 Å². The largest absolute Gasteiger partial charge is 0.309 e. The van der Waals surface area contributed by atoms with E-state index in [9.17, 15) is 8.42 Å². The number of benzene rings is 7. The lowest BCUT2D eigenvalue weighted by molar-refractivity contribution is 0.598. The predicted octanol–water partition coefficient (Wildman–Crippen LogP) is 10.4. The topological polar surface area (TPSA) is 43.5 Å². The molecule has 4 heterocycles. The average Bonchev–Trinajstić information content (AvgIpc) is 3.81. The molecular weight excluding hydrogens is 597 g/mol. The molecule has 0 N–H and O–H groups in total. The molecule has 1 aliphatic heterocycles. The van der Waals surface area contributed by atoms with E-state index in [0.717, 1.165) is 39.0 Å². The molecule has 0 bridgehead atoms. The van der Waals surface area contributed by atoms with E-state index < -0.39 is 9.84 Å². The van der Waals surface area contributed by atoms with Crippen molar-refractivity contribution in [2.45, 2.75) is 9.79 Å². The van der Waals surface area contributed by atoms with Crippen molar-refractivity contribution in [1.29, 1.82) is 0 Å². The Balaban J connectivity index is 1.12. The molecular formula is C42H24N2O2S. The fraction of sp³-hybridized carbons (Fsp3) is 0. The zero-order chi connectivity index (χ0) is 31.0. The van der Waals surface area contributed by atoms with Crippen molar-refractivity contribution < 1.29 is 8.42 Å². The molecule has 47 heavy (non-hydrogen) atoms. The molecule has 0 unspecified atom stereocenters. The fourth-order valence-corrected chi connectivity index (χ4v) is 9.84. The summed E-state index contributed by atoms with van der Waals surface area (Å²) in [5.74, 6) is 0. The van der Waals surface area contributed by atoms with Crippen LogP contribution in [0.4, 0.5) is 0 Å². The van der Waals surface area contributed by atoms with E-state index >= 15 is 0 Å². The third-order valence-corrected chi connectivity index (χ3v) is 12.1. The van der Waals surface area contributed by atoms with Crippen LogP contribution in [0.2, 0.25) is 0 Å². The Labute approximate surface area is 269 Å². The molecule has 220 valence electrons. The maximum absolute atomic E-state index is 13.8. The number of fused-ring (bicyclic) bond motifs is 12. The van der Waals surface area contributed by atoms with Crippen molar-refractivity contribution >= 4 is 69.7 Å². The van der Waals surface area contributed by atoms with Crippen LogP contribution < -0.4 is 0 Å². The molecule has 4 nitrogen and oxygen atoms in total. The summed E-state index contributed by atoms with van der Waals surface area (Å²) in [5.41, 5.74) is 10.3. The monoisotopic (exact) mass is 620 g/mol.